The van der Waals surface area contributed by atoms with Gasteiger partial charge in [-0.2, -0.15) is 0 Å². The summed E-state index contributed by atoms with van der Waals surface area (Å²) in [6, 6.07) is 23.1. The fourth-order valence-corrected chi connectivity index (χ4v) is 2.61. The maximum absolute atomic E-state index is 12.2. The Balaban J connectivity index is 1.50. The van der Waals surface area contributed by atoms with E-state index >= 15 is 0 Å². The predicted molar refractivity (Wildman–Crippen MR) is 114 cm³/mol. The molecule has 5 heteroatoms. The number of carbonyl (C=O) groups is 2. The largest absolute Gasteiger partial charge is 0.494 e. The summed E-state index contributed by atoms with van der Waals surface area (Å²) >= 11 is 0. The van der Waals surface area contributed by atoms with Gasteiger partial charge in [0, 0.05) is 6.08 Å². The van der Waals surface area contributed by atoms with E-state index in [1.807, 2.05) is 37.3 Å². The van der Waals surface area contributed by atoms with Crippen LogP contribution in [0.2, 0.25) is 0 Å². The Morgan fingerprint density at radius 3 is 2.17 bits per heavy atom. The lowest BCUT2D eigenvalue weighted by atomic mass is 10.2. The van der Waals surface area contributed by atoms with Crippen molar-refractivity contribution in [2.75, 3.05) is 6.61 Å². The molecule has 0 radical (unpaired) electrons. The van der Waals surface area contributed by atoms with Gasteiger partial charge in [0.05, 0.1) is 12.2 Å². The number of hydrogen-bond acceptors (Lipinski definition) is 5. The highest BCUT2D eigenvalue weighted by Crippen LogP contribution is 2.17. The summed E-state index contributed by atoms with van der Waals surface area (Å²) in [5.74, 6) is 0.237. The molecule has 0 fully saturated rings. The van der Waals surface area contributed by atoms with Crippen molar-refractivity contribution in [1.29, 1.82) is 0 Å². The molecule has 0 atom stereocenters. The molecule has 0 spiro atoms. The lowest BCUT2D eigenvalue weighted by Crippen LogP contribution is -2.08. The third kappa shape index (κ3) is 6.34. The number of esters is 2. The van der Waals surface area contributed by atoms with E-state index in [0.717, 1.165) is 11.1 Å². The molecule has 0 bridgehead atoms. The maximum Gasteiger partial charge on any atom is 0.343 e. The van der Waals surface area contributed by atoms with Gasteiger partial charge in [-0.05, 0) is 60.5 Å². The number of ether oxygens (including phenoxy) is 3. The van der Waals surface area contributed by atoms with Crippen LogP contribution in [0.1, 0.15) is 28.4 Å². The van der Waals surface area contributed by atoms with Crippen molar-refractivity contribution in [3.63, 3.8) is 0 Å². The first-order valence-corrected chi connectivity index (χ1v) is 9.58. The van der Waals surface area contributed by atoms with Crippen molar-refractivity contribution in [2.45, 2.75) is 13.5 Å². The van der Waals surface area contributed by atoms with Crippen LogP contribution in [-0.4, -0.2) is 18.5 Å². The molecule has 0 amide bonds. The highest BCUT2D eigenvalue weighted by atomic mass is 16.5. The minimum Gasteiger partial charge on any atom is -0.494 e. The van der Waals surface area contributed by atoms with Gasteiger partial charge in [-0.3, -0.25) is 0 Å². The van der Waals surface area contributed by atoms with E-state index in [1.54, 1.807) is 54.6 Å². The first-order chi connectivity index (χ1) is 14.6. The molecular weight excluding hydrogens is 380 g/mol. The van der Waals surface area contributed by atoms with Gasteiger partial charge in [0.25, 0.3) is 0 Å². The fourth-order valence-electron chi connectivity index (χ4n) is 2.61. The van der Waals surface area contributed by atoms with Crippen LogP contribution in [0, 0.1) is 0 Å². The van der Waals surface area contributed by atoms with Gasteiger partial charge in [0.15, 0.2) is 0 Å². The second kappa shape index (κ2) is 10.6. The quantitative estimate of drug-likeness (QED) is 0.299. The summed E-state index contributed by atoms with van der Waals surface area (Å²) in [6.07, 6.45) is 3.01. The summed E-state index contributed by atoms with van der Waals surface area (Å²) in [5, 5.41) is 0. The second-order valence-corrected chi connectivity index (χ2v) is 6.34. The number of carbonyl (C=O) groups excluding carboxylic acids is 2. The van der Waals surface area contributed by atoms with Crippen LogP contribution in [-0.2, 0) is 16.1 Å². The number of hydrogen-bond donors (Lipinski definition) is 0. The zero-order valence-electron chi connectivity index (χ0n) is 16.6. The zero-order chi connectivity index (χ0) is 21.2. The van der Waals surface area contributed by atoms with Crippen molar-refractivity contribution in [3.8, 4) is 11.5 Å². The Kier molecular flexibility index (Phi) is 7.39. The number of benzene rings is 3. The molecule has 30 heavy (non-hydrogen) atoms. The third-order valence-electron chi connectivity index (χ3n) is 4.13. The molecule has 0 heterocycles. The summed E-state index contributed by atoms with van der Waals surface area (Å²) in [4.78, 5) is 24.1. The molecule has 0 N–H and O–H groups in total. The van der Waals surface area contributed by atoms with Gasteiger partial charge in [0.1, 0.15) is 18.1 Å². The van der Waals surface area contributed by atoms with Crippen LogP contribution in [0.4, 0.5) is 0 Å². The highest BCUT2D eigenvalue weighted by molar-refractivity contribution is 5.91. The minimum atomic E-state index is -0.453. The van der Waals surface area contributed by atoms with E-state index in [0.29, 0.717) is 23.7 Å². The van der Waals surface area contributed by atoms with Gasteiger partial charge >= 0.3 is 11.9 Å². The molecule has 0 aliphatic rings. The Hall–Kier alpha value is -3.86. The van der Waals surface area contributed by atoms with E-state index in [2.05, 4.69) is 0 Å². The summed E-state index contributed by atoms with van der Waals surface area (Å²) in [6.45, 7) is 2.69. The molecule has 5 nitrogen and oxygen atoms in total. The average Bonchev–Trinajstić information content (AvgIpc) is 2.78. The molecule has 0 saturated carbocycles. The SMILES string of the molecule is CCOc1ccc(C(=O)Oc2ccc(/C=C/C(=O)OCc3ccccc3)cc2)cc1. The van der Waals surface area contributed by atoms with Crippen molar-refractivity contribution in [1.82, 2.24) is 0 Å². The zero-order valence-corrected chi connectivity index (χ0v) is 16.6. The predicted octanol–water partition coefficient (Wildman–Crippen LogP) is 5.06. The van der Waals surface area contributed by atoms with Crippen molar-refractivity contribution in [2.24, 2.45) is 0 Å². The Bertz CT molecular complexity index is 990. The van der Waals surface area contributed by atoms with Gasteiger partial charge in [-0.25, -0.2) is 9.59 Å². The first kappa shape index (κ1) is 20.9. The summed E-state index contributed by atoms with van der Waals surface area (Å²) in [7, 11) is 0. The molecule has 0 aromatic heterocycles. The smallest absolute Gasteiger partial charge is 0.343 e. The Morgan fingerprint density at radius 2 is 1.50 bits per heavy atom. The fraction of sp³-hybridized carbons (Fsp3) is 0.120. The van der Waals surface area contributed by atoms with Crippen LogP contribution in [0.25, 0.3) is 6.08 Å². The van der Waals surface area contributed by atoms with Crippen LogP contribution in [0.15, 0.2) is 84.9 Å². The van der Waals surface area contributed by atoms with E-state index in [1.165, 1.54) is 6.08 Å². The highest BCUT2D eigenvalue weighted by Gasteiger charge is 2.08. The van der Waals surface area contributed by atoms with Crippen LogP contribution < -0.4 is 9.47 Å². The van der Waals surface area contributed by atoms with Gasteiger partial charge < -0.3 is 14.2 Å². The number of rotatable bonds is 8. The topological polar surface area (TPSA) is 61.8 Å². The Morgan fingerprint density at radius 1 is 0.833 bits per heavy atom. The molecule has 0 aliphatic carbocycles. The van der Waals surface area contributed by atoms with E-state index in [-0.39, 0.29) is 6.61 Å². The van der Waals surface area contributed by atoms with Gasteiger partial charge in [0.2, 0.25) is 0 Å². The van der Waals surface area contributed by atoms with E-state index < -0.39 is 11.9 Å². The minimum absolute atomic E-state index is 0.227. The standard InChI is InChI=1S/C25H22O5/c1-2-28-22-15-11-21(12-16-22)25(27)30-23-13-8-19(9-14-23)10-17-24(26)29-18-20-6-4-3-5-7-20/h3-17H,2,18H2,1H3/b17-10+. The van der Waals surface area contributed by atoms with Gasteiger partial charge in [-0.1, -0.05) is 42.5 Å². The summed E-state index contributed by atoms with van der Waals surface area (Å²) < 4.78 is 15.9. The van der Waals surface area contributed by atoms with E-state index in [9.17, 15) is 9.59 Å². The molecular formula is C25H22O5. The molecule has 3 aromatic carbocycles. The normalized spacial score (nSPS) is 10.6. The molecule has 0 unspecified atom stereocenters. The van der Waals surface area contributed by atoms with Crippen molar-refractivity contribution in [3.05, 3.63) is 102 Å². The average molecular weight is 402 g/mol. The van der Waals surface area contributed by atoms with Crippen LogP contribution >= 0.6 is 0 Å². The lowest BCUT2D eigenvalue weighted by Gasteiger charge is -2.06. The lowest BCUT2D eigenvalue weighted by molar-refractivity contribution is -0.138. The van der Waals surface area contributed by atoms with Gasteiger partial charge in [-0.15, -0.1) is 0 Å². The van der Waals surface area contributed by atoms with Crippen molar-refractivity contribution < 1.29 is 23.8 Å². The van der Waals surface area contributed by atoms with E-state index in [4.69, 9.17) is 14.2 Å². The molecule has 3 aromatic rings. The van der Waals surface area contributed by atoms with Crippen molar-refractivity contribution >= 4 is 18.0 Å². The molecule has 0 aliphatic heterocycles. The molecule has 3 rings (SSSR count). The Labute approximate surface area is 175 Å². The summed E-state index contributed by atoms with van der Waals surface area (Å²) in [5.41, 5.74) is 2.15. The monoisotopic (exact) mass is 402 g/mol. The second-order valence-electron chi connectivity index (χ2n) is 6.34. The molecule has 152 valence electrons. The van der Waals surface area contributed by atoms with Crippen LogP contribution in [0.5, 0.6) is 11.5 Å². The third-order valence-corrected chi connectivity index (χ3v) is 4.13. The van der Waals surface area contributed by atoms with Crippen LogP contribution in [0.3, 0.4) is 0 Å². The maximum atomic E-state index is 12.2. The first-order valence-electron chi connectivity index (χ1n) is 9.58. The molecule has 0 saturated heterocycles.